The summed E-state index contributed by atoms with van der Waals surface area (Å²) in [7, 11) is 0.983. The Morgan fingerprint density at radius 3 is 2.60 bits per heavy atom. The highest BCUT2D eigenvalue weighted by Gasteiger charge is 1.70. The fraction of sp³-hybridized carbons (Fsp3) is 0.667. The van der Waals surface area contributed by atoms with Gasteiger partial charge in [-0.15, -0.1) is 0 Å². The molecule has 5 heavy (non-hydrogen) atoms. The molecule has 0 N–H and O–H groups in total. The average molecular weight is 66.9 g/mol. The molecule has 0 saturated heterocycles. The number of hydrogen-bond acceptors (Lipinski definition) is 1. The molecule has 1 nitrogen and oxygen atoms in total. The van der Waals surface area contributed by atoms with Crippen molar-refractivity contribution in [1.29, 1.82) is 5.26 Å². The first kappa shape index (κ1) is 4.55. The maximum Gasteiger partial charge on any atom is 0.135 e. The average Bonchev–Trinajstić information content (AvgIpc) is 1.41. The van der Waals surface area contributed by atoms with E-state index in [9.17, 15) is 0 Å². The zero-order valence-electron chi connectivity index (χ0n) is 3.36. The molecule has 0 aromatic carbocycles. The first-order valence-corrected chi connectivity index (χ1v) is 1.78. The van der Waals surface area contributed by atoms with Crippen LogP contribution in [-0.2, 0) is 0 Å². The molecular formula is C3H6BN. The molecule has 2 heteroatoms. The minimum Gasteiger partial charge on any atom is -0.199 e. The molecule has 0 aliphatic rings. The van der Waals surface area contributed by atoms with Crippen LogP contribution in [0.15, 0.2) is 0 Å². The highest BCUT2D eigenvalue weighted by molar-refractivity contribution is 6.34. The SMILES string of the molecule is CBCC#N. The Hall–Kier alpha value is -0.445. The van der Waals surface area contributed by atoms with E-state index < -0.39 is 0 Å². The summed E-state index contributed by atoms with van der Waals surface area (Å²) >= 11 is 0. The van der Waals surface area contributed by atoms with Crippen LogP contribution in [0.1, 0.15) is 0 Å². The van der Waals surface area contributed by atoms with Gasteiger partial charge in [-0.1, -0.05) is 6.82 Å². The Morgan fingerprint density at radius 2 is 2.60 bits per heavy atom. The monoisotopic (exact) mass is 67.1 g/mol. The van der Waals surface area contributed by atoms with Gasteiger partial charge in [-0.05, 0) is 0 Å². The predicted octanol–water partition coefficient (Wildman–Crippen LogP) is 0.413. The van der Waals surface area contributed by atoms with Crippen LogP contribution in [0.2, 0.25) is 13.1 Å². The molecular weight excluding hydrogens is 60.9 g/mol. The molecule has 0 bridgehead atoms. The second-order valence-corrected chi connectivity index (χ2v) is 0.908. The maximum absolute atomic E-state index is 7.82. The molecule has 0 radical (unpaired) electrons. The molecule has 0 unspecified atom stereocenters. The summed E-state index contributed by atoms with van der Waals surface area (Å²) in [5, 5.41) is 7.82. The van der Waals surface area contributed by atoms with Crippen LogP contribution in [0.25, 0.3) is 0 Å². The smallest absolute Gasteiger partial charge is 0.135 e. The van der Waals surface area contributed by atoms with Gasteiger partial charge in [-0.25, -0.2) is 0 Å². The standard InChI is InChI=1S/C3H6BN/c1-4-2-3-5/h4H,2H2,1H3. The first-order valence-electron chi connectivity index (χ1n) is 1.78. The summed E-state index contributed by atoms with van der Waals surface area (Å²) in [6, 6.07) is 2.02. The van der Waals surface area contributed by atoms with E-state index >= 15 is 0 Å². The minimum atomic E-state index is 0.694. The Morgan fingerprint density at radius 1 is 2.00 bits per heavy atom. The van der Waals surface area contributed by atoms with Crippen molar-refractivity contribution in [3.05, 3.63) is 0 Å². The highest BCUT2D eigenvalue weighted by Crippen LogP contribution is 1.65. The van der Waals surface area contributed by atoms with Crippen molar-refractivity contribution in [3.63, 3.8) is 0 Å². The van der Waals surface area contributed by atoms with Gasteiger partial charge in [0.15, 0.2) is 0 Å². The molecule has 0 aliphatic heterocycles. The van der Waals surface area contributed by atoms with Crippen molar-refractivity contribution in [2.75, 3.05) is 0 Å². The zero-order valence-corrected chi connectivity index (χ0v) is 3.36. The second kappa shape index (κ2) is 3.55. The van der Waals surface area contributed by atoms with E-state index in [-0.39, 0.29) is 0 Å². The molecule has 0 rings (SSSR count). The largest absolute Gasteiger partial charge is 0.199 e. The number of nitrogens with zero attached hydrogens (tertiary/aromatic N) is 1. The van der Waals surface area contributed by atoms with E-state index in [1.54, 1.807) is 0 Å². The Balaban J connectivity index is 2.48. The summed E-state index contributed by atoms with van der Waals surface area (Å²) in [5.41, 5.74) is 0. The molecule has 0 spiro atoms. The Kier molecular flexibility index (Phi) is 3.24. The van der Waals surface area contributed by atoms with Gasteiger partial charge in [0, 0.05) is 6.32 Å². The topological polar surface area (TPSA) is 23.8 Å². The number of hydrogen-bond donors (Lipinski definition) is 0. The van der Waals surface area contributed by atoms with Crippen LogP contribution in [0.3, 0.4) is 0 Å². The van der Waals surface area contributed by atoms with Crippen LogP contribution in [0.4, 0.5) is 0 Å². The van der Waals surface area contributed by atoms with Crippen LogP contribution in [-0.4, -0.2) is 7.28 Å². The van der Waals surface area contributed by atoms with E-state index in [1.165, 1.54) is 0 Å². The summed E-state index contributed by atoms with van der Waals surface area (Å²) in [5.74, 6) is 0. The van der Waals surface area contributed by atoms with Gasteiger partial charge in [0.05, 0.1) is 6.07 Å². The maximum atomic E-state index is 7.82. The fourth-order valence-electron chi connectivity index (χ4n) is 0.112. The van der Waals surface area contributed by atoms with Crippen molar-refractivity contribution in [2.45, 2.75) is 13.1 Å². The lowest BCUT2D eigenvalue weighted by Gasteiger charge is -1.61. The van der Waals surface area contributed by atoms with E-state index in [0.29, 0.717) is 6.32 Å². The molecule has 0 aromatic heterocycles. The molecule has 0 aromatic rings. The zero-order chi connectivity index (χ0) is 4.12. The Bertz CT molecular complexity index is 45.3. The normalized spacial score (nSPS) is 5.60. The summed E-state index contributed by atoms with van der Waals surface area (Å²) in [6.45, 7) is 1.99. The lowest BCUT2D eigenvalue weighted by Crippen LogP contribution is -1.70. The van der Waals surface area contributed by atoms with Crippen LogP contribution < -0.4 is 0 Å². The van der Waals surface area contributed by atoms with Gasteiger partial charge < -0.3 is 0 Å². The summed E-state index contributed by atoms with van der Waals surface area (Å²) < 4.78 is 0. The lowest BCUT2D eigenvalue weighted by atomic mass is 9.79. The van der Waals surface area contributed by atoms with Gasteiger partial charge in [-0.3, -0.25) is 0 Å². The quantitative estimate of drug-likeness (QED) is 0.407. The van der Waals surface area contributed by atoms with Gasteiger partial charge >= 0.3 is 0 Å². The molecule has 26 valence electrons. The Labute approximate surface area is 32.8 Å². The number of nitriles is 1. The van der Waals surface area contributed by atoms with Crippen molar-refractivity contribution in [2.24, 2.45) is 0 Å². The predicted molar refractivity (Wildman–Crippen MR) is 23.4 cm³/mol. The van der Waals surface area contributed by atoms with Gasteiger partial charge in [0.1, 0.15) is 7.28 Å². The molecule has 0 saturated carbocycles. The second-order valence-electron chi connectivity index (χ2n) is 0.908. The van der Waals surface area contributed by atoms with Gasteiger partial charge in [0.25, 0.3) is 0 Å². The third kappa shape index (κ3) is 3.55. The van der Waals surface area contributed by atoms with E-state index in [4.69, 9.17) is 5.26 Å². The van der Waals surface area contributed by atoms with Crippen LogP contribution in [0, 0.1) is 11.3 Å². The van der Waals surface area contributed by atoms with Crippen molar-refractivity contribution < 1.29 is 0 Å². The van der Waals surface area contributed by atoms with Crippen molar-refractivity contribution >= 4 is 7.28 Å². The molecule has 0 heterocycles. The van der Waals surface area contributed by atoms with Gasteiger partial charge in [-0.2, -0.15) is 5.26 Å². The van der Waals surface area contributed by atoms with E-state index in [0.717, 1.165) is 7.28 Å². The summed E-state index contributed by atoms with van der Waals surface area (Å²) in [4.78, 5) is 0. The fourth-order valence-corrected chi connectivity index (χ4v) is 0.112. The van der Waals surface area contributed by atoms with Gasteiger partial charge in [0.2, 0.25) is 0 Å². The summed E-state index contributed by atoms with van der Waals surface area (Å²) in [6.07, 6.45) is 0.694. The van der Waals surface area contributed by atoms with E-state index in [1.807, 2.05) is 12.9 Å². The van der Waals surface area contributed by atoms with Crippen LogP contribution in [0.5, 0.6) is 0 Å². The lowest BCUT2D eigenvalue weighted by molar-refractivity contribution is 1.48. The molecule has 0 atom stereocenters. The minimum absolute atomic E-state index is 0.694. The molecule has 0 aliphatic carbocycles. The van der Waals surface area contributed by atoms with Crippen LogP contribution >= 0.6 is 0 Å². The van der Waals surface area contributed by atoms with Crippen molar-refractivity contribution in [3.8, 4) is 6.07 Å². The molecule has 0 fully saturated rings. The number of rotatable bonds is 1. The third-order valence-electron chi connectivity index (χ3n) is 0.362. The van der Waals surface area contributed by atoms with Crippen molar-refractivity contribution in [1.82, 2.24) is 0 Å². The first-order chi connectivity index (χ1) is 2.41. The molecule has 0 amide bonds. The van der Waals surface area contributed by atoms with E-state index in [2.05, 4.69) is 0 Å². The highest BCUT2D eigenvalue weighted by atomic mass is 14.2. The third-order valence-corrected chi connectivity index (χ3v) is 0.362.